The standard InChI is InChI=1S/C34H44O4/c1-20(18-30-31(23(4)33(37)38-30)25-10-7-6-8-11-25)27-15-16-28-24(12-9-17-34(27,28)5)13-14-26-19-29(35)22(3)32(36)21(26)2/h6-8,10-11,13-14,20,22,27-32,35-36H,2,4,9,12,15-19H2,1,3,5H3/t20-,22+,27-,28+,29-,30-,31+,32-,34-/m1/s1. The molecule has 0 bridgehead atoms. The van der Waals surface area contributed by atoms with Crippen molar-refractivity contribution in [2.75, 3.05) is 0 Å². The minimum Gasteiger partial charge on any atom is -0.458 e. The first-order valence-corrected chi connectivity index (χ1v) is 14.5. The van der Waals surface area contributed by atoms with Crippen molar-refractivity contribution < 1.29 is 19.7 Å². The summed E-state index contributed by atoms with van der Waals surface area (Å²) in [7, 11) is 0. The molecule has 0 radical (unpaired) electrons. The molecule has 204 valence electrons. The van der Waals surface area contributed by atoms with E-state index >= 15 is 0 Å². The van der Waals surface area contributed by atoms with E-state index in [4.69, 9.17) is 4.74 Å². The molecule has 0 unspecified atom stereocenters. The highest BCUT2D eigenvalue weighted by Crippen LogP contribution is 2.60. The predicted molar refractivity (Wildman–Crippen MR) is 151 cm³/mol. The van der Waals surface area contributed by atoms with Crippen LogP contribution in [0.25, 0.3) is 0 Å². The first kappa shape index (κ1) is 27.1. The normalized spacial score (nSPS) is 40.4. The molecule has 1 aliphatic heterocycles. The van der Waals surface area contributed by atoms with Gasteiger partial charge in [0, 0.05) is 11.5 Å². The quantitative estimate of drug-likeness (QED) is 0.339. The summed E-state index contributed by atoms with van der Waals surface area (Å²) in [5.74, 6) is 1.04. The fourth-order valence-corrected chi connectivity index (χ4v) is 8.28. The zero-order valence-electron chi connectivity index (χ0n) is 23.2. The summed E-state index contributed by atoms with van der Waals surface area (Å²) in [6.07, 6.45) is 10.3. The number of carbonyl (C=O) groups is 1. The smallest absolute Gasteiger partial charge is 0.334 e. The number of esters is 1. The maximum absolute atomic E-state index is 12.5. The Bertz CT molecular complexity index is 1150. The number of carbonyl (C=O) groups excluding carboxylic acids is 1. The Labute approximate surface area is 228 Å². The minimum absolute atomic E-state index is 0.0680. The third kappa shape index (κ3) is 4.75. The van der Waals surface area contributed by atoms with E-state index in [-0.39, 0.29) is 29.3 Å². The monoisotopic (exact) mass is 516 g/mol. The SMILES string of the molecule is C=C1C(=CC=C2CCC[C@]3(C)[C@@H]([C@H](C)C[C@H]4OC(=O)C(=C)[C@H]4c4ccccc4)CC[C@@H]23)C[C@@H](O)[C@H](C)[C@@H]1O. The highest BCUT2D eigenvalue weighted by molar-refractivity contribution is 5.92. The number of benzene rings is 1. The zero-order chi connectivity index (χ0) is 27.2. The van der Waals surface area contributed by atoms with Gasteiger partial charge in [-0.2, -0.15) is 0 Å². The average molecular weight is 517 g/mol. The number of aliphatic hydroxyl groups excluding tert-OH is 2. The lowest BCUT2D eigenvalue weighted by atomic mass is 9.60. The van der Waals surface area contributed by atoms with Gasteiger partial charge in [-0.1, -0.05) is 82.0 Å². The zero-order valence-corrected chi connectivity index (χ0v) is 23.2. The summed E-state index contributed by atoms with van der Waals surface area (Å²) >= 11 is 0. The lowest BCUT2D eigenvalue weighted by molar-refractivity contribution is -0.139. The molecule has 1 aromatic rings. The predicted octanol–water partition coefficient (Wildman–Crippen LogP) is 6.67. The highest BCUT2D eigenvalue weighted by atomic mass is 16.6. The number of aliphatic hydroxyl groups is 2. The number of hydrogen-bond donors (Lipinski definition) is 2. The molecule has 9 atom stereocenters. The lowest BCUT2D eigenvalue weighted by Gasteiger charge is -2.45. The Hall–Kier alpha value is -2.43. The van der Waals surface area contributed by atoms with Crippen LogP contribution in [0.15, 0.2) is 77.9 Å². The Morgan fingerprint density at radius 1 is 1.13 bits per heavy atom. The molecule has 1 heterocycles. The van der Waals surface area contributed by atoms with Crippen molar-refractivity contribution in [3.63, 3.8) is 0 Å². The van der Waals surface area contributed by atoms with E-state index in [0.717, 1.165) is 29.6 Å². The molecule has 5 rings (SSSR count). The number of allylic oxidation sites excluding steroid dienone is 3. The van der Waals surface area contributed by atoms with Crippen molar-refractivity contribution in [3.05, 3.63) is 83.5 Å². The van der Waals surface area contributed by atoms with Crippen LogP contribution in [0, 0.1) is 29.1 Å². The van der Waals surface area contributed by atoms with E-state index in [9.17, 15) is 15.0 Å². The summed E-state index contributed by atoms with van der Waals surface area (Å²) in [5.41, 5.74) is 5.13. The Morgan fingerprint density at radius 3 is 2.61 bits per heavy atom. The molecule has 4 fully saturated rings. The van der Waals surface area contributed by atoms with E-state index in [1.165, 1.54) is 31.3 Å². The van der Waals surface area contributed by atoms with Crippen LogP contribution in [0.5, 0.6) is 0 Å². The van der Waals surface area contributed by atoms with Crippen LogP contribution in [-0.2, 0) is 9.53 Å². The molecule has 0 spiro atoms. The molecule has 3 saturated carbocycles. The summed E-state index contributed by atoms with van der Waals surface area (Å²) < 4.78 is 5.89. The molecule has 38 heavy (non-hydrogen) atoms. The second kappa shape index (κ2) is 10.6. The number of hydrogen-bond acceptors (Lipinski definition) is 4. The van der Waals surface area contributed by atoms with Gasteiger partial charge in [-0.25, -0.2) is 4.79 Å². The summed E-state index contributed by atoms with van der Waals surface area (Å²) in [4.78, 5) is 12.5. The van der Waals surface area contributed by atoms with E-state index in [1.807, 2.05) is 25.1 Å². The maximum atomic E-state index is 12.5. The van der Waals surface area contributed by atoms with Gasteiger partial charge < -0.3 is 14.9 Å². The van der Waals surface area contributed by atoms with Crippen LogP contribution in [0.2, 0.25) is 0 Å². The molecule has 4 nitrogen and oxygen atoms in total. The van der Waals surface area contributed by atoms with Crippen LogP contribution in [0.4, 0.5) is 0 Å². The molecule has 4 heteroatoms. The Morgan fingerprint density at radius 2 is 1.87 bits per heavy atom. The van der Waals surface area contributed by atoms with Crippen LogP contribution >= 0.6 is 0 Å². The number of fused-ring (bicyclic) bond motifs is 1. The molecule has 0 aromatic heterocycles. The van der Waals surface area contributed by atoms with Gasteiger partial charge in [-0.3, -0.25) is 0 Å². The van der Waals surface area contributed by atoms with Crippen molar-refractivity contribution in [3.8, 4) is 0 Å². The Balaban J connectivity index is 1.32. The second-order valence-electron chi connectivity index (χ2n) is 12.7. The van der Waals surface area contributed by atoms with Crippen LogP contribution in [-0.4, -0.2) is 34.5 Å². The summed E-state index contributed by atoms with van der Waals surface area (Å²) in [6.45, 7) is 14.9. The Kier molecular flexibility index (Phi) is 7.59. The van der Waals surface area contributed by atoms with Crippen molar-refractivity contribution >= 4 is 5.97 Å². The third-order valence-corrected chi connectivity index (χ3v) is 10.6. The fourth-order valence-electron chi connectivity index (χ4n) is 8.28. The number of ether oxygens (including phenoxy) is 1. The van der Waals surface area contributed by atoms with E-state index in [1.54, 1.807) is 0 Å². The lowest BCUT2D eigenvalue weighted by Crippen LogP contribution is -2.37. The second-order valence-corrected chi connectivity index (χ2v) is 12.7. The van der Waals surface area contributed by atoms with Crippen LogP contribution < -0.4 is 0 Å². The van der Waals surface area contributed by atoms with Gasteiger partial charge in [0.05, 0.1) is 18.1 Å². The maximum Gasteiger partial charge on any atom is 0.334 e. The molecule has 1 saturated heterocycles. The van der Waals surface area contributed by atoms with E-state index in [0.29, 0.717) is 29.7 Å². The van der Waals surface area contributed by atoms with E-state index < -0.39 is 12.2 Å². The van der Waals surface area contributed by atoms with Crippen molar-refractivity contribution in [1.82, 2.24) is 0 Å². The molecule has 2 N–H and O–H groups in total. The average Bonchev–Trinajstić information content (AvgIpc) is 3.40. The van der Waals surface area contributed by atoms with Crippen molar-refractivity contribution in [2.45, 2.75) is 89.9 Å². The highest BCUT2D eigenvalue weighted by Gasteiger charge is 2.52. The van der Waals surface area contributed by atoms with Gasteiger partial charge in [0.15, 0.2) is 0 Å². The first-order chi connectivity index (χ1) is 18.1. The van der Waals surface area contributed by atoms with Gasteiger partial charge in [-0.05, 0) is 84.8 Å². The molecule has 1 aromatic carbocycles. The summed E-state index contributed by atoms with van der Waals surface area (Å²) in [5, 5.41) is 20.9. The van der Waals surface area contributed by atoms with Gasteiger partial charge in [0.1, 0.15) is 6.10 Å². The van der Waals surface area contributed by atoms with Gasteiger partial charge in [0.2, 0.25) is 0 Å². The first-order valence-electron chi connectivity index (χ1n) is 14.5. The molecule has 3 aliphatic carbocycles. The van der Waals surface area contributed by atoms with E-state index in [2.05, 4.69) is 51.3 Å². The number of rotatable bonds is 5. The van der Waals surface area contributed by atoms with Crippen LogP contribution in [0.1, 0.15) is 77.2 Å². The third-order valence-electron chi connectivity index (χ3n) is 10.6. The molecular formula is C34H44O4. The van der Waals surface area contributed by atoms with Crippen LogP contribution in [0.3, 0.4) is 0 Å². The van der Waals surface area contributed by atoms with Crippen molar-refractivity contribution in [1.29, 1.82) is 0 Å². The largest absolute Gasteiger partial charge is 0.458 e. The molecular weight excluding hydrogens is 472 g/mol. The topological polar surface area (TPSA) is 66.8 Å². The minimum atomic E-state index is -0.683. The molecule has 0 amide bonds. The van der Waals surface area contributed by atoms with Gasteiger partial charge >= 0.3 is 5.97 Å². The van der Waals surface area contributed by atoms with Gasteiger partial charge in [-0.15, -0.1) is 0 Å². The molecule has 4 aliphatic rings. The van der Waals surface area contributed by atoms with Crippen molar-refractivity contribution in [2.24, 2.45) is 29.1 Å². The van der Waals surface area contributed by atoms with Gasteiger partial charge in [0.25, 0.3) is 0 Å². The number of cyclic esters (lactones) is 1. The fraction of sp³-hybridized carbons (Fsp3) is 0.559. The summed E-state index contributed by atoms with van der Waals surface area (Å²) in [6, 6.07) is 10.2.